The van der Waals surface area contributed by atoms with Gasteiger partial charge >= 0.3 is 12.1 Å². The fourth-order valence-electron chi connectivity index (χ4n) is 2.70. The van der Waals surface area contributed by atoms with Crippen molar-refractivity contribution in [2.75, 3.05) is 12.9 Å². The van der Waals surface area contributed by atoms with Crippen LogP contribution in [-0.2, 0) is 33.0 Å². The van der Waals surface area contributed by atoms with E-state index in [-0.39, 0.29) is 18.7 Å². The first-order valence-electron chi connectivity index (χ1n) is 8.51. The topological polar surface area (TPSA) is 89.9 Å². The van der Waals surface area contributed by atoms with Crippen molar-refractivity contribution in [1.29, 1.82) is 0 Å². The average Bonchev–Trinajstić information content (AvgIpc) is 2.68. The average molecular weight is 389 g/mol. The standard InChI is InChI=1S/C20H23NO5S/c1-26-19(22)18(12-13-27(25)15-17-10-6-3-7-11-17)21(20(23)24)14-16-8-4-2-5-9-16/h2-11,18H,12-15H2,1H3,(H,23,24)/t18-,27?/m0/s1. The molecule has 0 saturated carbocycles. The molecule has 0 aliphatic heterocycles. The lowest BCUT2D eigenvalue weighted by atomic mass is 10.1. The Bertz CT molecular complexity index is 726. The highest BCUT2D eigenvalue weighted by Gasteiger charge is 2.32. The smallest absolute Gasteiger partial charge is 0.408 e. The molecule has 1 N–H and O–H groups in total. The summed E-state index contributed by atoms with van der Waals surface area (Å²) in [5.41, 5.74) is 1.70. The largest absolute Gasteiger partial charge is 0.616 e. The van der Waals surface area contributed by atoms with Gasteiger partial charge in [-0.25, -0.2) is 9.59 Å². The Balaban J connectivity index is 2.05. The second-order valence-corrected chi connectivity index (χ2v) is 7.57. The monoisotopic (exact) mass is 389 g/mol. The second-order valence-electron chi connectivity index (χ2n) is 6.00. The highest BCUT2D eigenvalue weighted by molar-refractivity contribution is 7.90. The van der Waals surface area contributed by atoms with Crippen molar-refractivity contribution in [3.63, 3.8) is 0 Å². The predicted molar refractivity (Wildman–Crippen MR) is 104 cm³/mol. The van der Waals surface area contributed by atoms with Gasteiger partial charge in [-0.3, -0.25) is 4.90 Å². The molecule has 27 heavy (non-hydrogen) atoms. The molecule has 0 aliphatic carbocycles. The van der Waals surface area contributed by atoms with Crippen molar-refractivity contribution in [1.82, 2.24) is 4.90 Å². The van der Waals surface area contributed by atoms with Gasteiger partial charge in [-0.05, 0) is 16.7 Å². The van der Waals surface area contributed by atoms with Crippen molar-refractivity contribution >= 4 is 23.2 Å². The number of hydrogen-bond donors (Lipinski definition) is 1. The molecular weight excluding hydrogens is 366 g/mol. The van der Waals surface area contributed by atoms with Crippen LogP contribution >= 0.6 is 0 Å². The Morgan fingerprint density at radius 3 is 2.15 bits per heavy atom. The number of nitrogens with zero attached hydrogens (tertiary/aromatic N) is 1. The maximum Gasteiger partial charge on any atom is 0.408 e. The minimum Gasteiger partial charge on any atom is -0.616 e. The molecule has 0 spiro atoms. The summed E-state index contributed by atoms with van der Waals surface area (Å²) in [5.74, 6) is -0.0849. The number of amides is 1. The molecule has 6 nitrogen and oxygen atoms in total. The summed E-state index contributed by atoms with van der Waals surface area (Å²) < 4.78 is 17.2. The lowest BCUT2D eigenvalue weighted by molar-refractivity contribution is -0.146. The molecule has 0 radical (unpaired) electrons. The Morgan fingerprint density at radius 2 is 1.63 bits per heavy atom. The molecule has 0 bridgehead atoms. The lowest BCUT2D eigenvalue weighted by Crippen LogP contribution is -2.45. The molecule has 0 aliphatic rings. The number of ether oxygens (including phenoxy) is 1. The third-order valence-electron chi connectivity index (χ3n) is 4.08. The zero-order valence-electron chi connectivity index (χ0n) is 15.1. The zero-order valence-corrected chi connectivity index (χ0v) is 15.9. The quantitative estimate of drug-likeness (QED) is 0.526. The first-order valence-corrected chi connectivity index (χ1v) is 10.00. The molecule has 7 heteroatoms. The Kier molecular flexibility index (Phi) is 8.16. The maximum absolute atomic E-state index is 12.4. The summed E-state index contributed by atoms with van der Waals surface area (Å²) in [6, 6.07) is 17.4. The normalized spacial score (nSPS) is 12.8. The molecule has 0 heterocycles. The molecule has 2 atom stereocenters. The van der Waals surface area contributed by atoms with Gasteiger partial charge in [-0.1, -0.05) is 60.7 Å². The molecule has 1 amide bonds. The van der Waals surface area contributed by atoms with Crippen LogP contribution in [-0.4, -0.2) is 45.5 Å². The fraction of sp³-hybridized carbons (Fsp3) is 0.300. The van der Waals surface area contributed by atoms with Gasteiger partial charge in [0.1, 0.15) is 17.5 Å². The van der Waals surface area contributed by atoms with E-state index in [2.05, 4.69) is 0 Å². The molecule has 2 aromatic carbocycles. The molecule has 0 aromatic heterocycles. The van der Waals surface area contributed by atoms with Crippen molar-refractivity contribution in [3.05, 3.63) is 71.8 Å². The number of carbonyl (C=O) groups is 2. The maximum atomic E-state index is 12.4. The van der Waals surface area contributed by atoms with E-state index in [0.717, 1.165) is 16.0 Å². The van der Waals surface area contributed by atoms with Gasteiger partial charge in [0, 0.05) is 18.5 Å². The summed E-state index contributed by atoms with van der Waals surface area (Å²) in [6.07, 6.45) is -1.09. The highest BCUT2D eigenvalue weighted by atomic mass is 32.2. The van der Waals surface area contributed by atoms with Gasteiger partial charge in [0.15, 0.2) is 0 Å². The van der Waals surface area contributed by atoms with Gasteiger partial charge in [-0.15, -0.1) is 0 Å². The summed E-state index contributed by atoms with van der Waals surface area (Å²) in [5, 5.41) is 9.59. The molecule has 0 fully saturated rings. The van der Waals surface area contributed by atoms with E-state index in [0.29, 0.717) is 5.75 Å². The molecular formula is C20H23NO5S. The second kappa shape index (κ2) is 10.6. The van der Waals surface area contributed by atoms with E-state index in [1.807, 2.05) is 36.4 Å². The number of hydrogen-bond acceptors (Lipinski definition) is 4. The summed E-state index contributed by atoms with van der Waals surface area (Å²) in [4.78, 5) is 25.0. The van der Waals surface area contributed by atoms with Crippen LogP contribution in [0.15, 0.2) is 60.7 Å². The van der Waals surface area contributed by atoms with Crippen LogP contribution in [0.25, 0.3) is 0 Å². The van der Waals surface area contributed by atoms with Gasteiger partial charge in [0.2, 0.25) is 0 Å². The Hall–Kier alpha value is -2.51. The summed E-state index contributed by atoms with van der Waals surface area (Å²) >= 11 is -1.21. The van der Waals surface area contributed by atoms with Crippen LogP contribution < -0.4 is 0 Å². The van der Waals surface area contributed by atoms with Crippen molar-refractivity contribution in [2.24, 2.45) is 0 Å². The van der Waals surface area contributed by atoms with Crippen LogP contribution in [0.1, 0.15) is 17.5 Å². The van der Waals surface area contributed by atoms with Crippen LogP contribution in [0, 0.1) is 0 Å². The van der Waals surface area contributed by atoms with E-state index < -0.39 is 29.3 Å². The number of benzene rings is 2. The van der Waals surface area contributed by atoms with Crippen LogP contribution in [0.3, 0.4) is 0 Å². The van der Waals surface area contributed by atoms with E-state index >= 15 is 0 Å². The molecule has 0 saturated heterocycles. The highest BCUT2D eigenvalue weighted by Crippen LogP contribution is 2.16. The van der Waals surface area contributed by atoms with Crippen LogP contribution in [0.4, 0.5) is 4.79 Å². The summed E-state index contributed by atoms with van der Waals surface area (Å²) in [6.45, 7) is 0.0568. The zero-order chi connectivity index (χ0) is 19.6. The lowest BCUT2D eigenvalue weighted by Gasteiger charge is -2.27. The van der Waals surface area contributed by atoms with Gasteiger partial charge < -0.3 is 14.4 Å². The van der Waals surface area contributed by atoms with Gasteiger partial charge in [0.05, 0.1) is 7.11 Å². The Morgan fingerprint density at radius 1 is 1.07 bits per heavy atom. The summed E-state index contributed by atoms with van der Waals surface area (Å²) in [7, 11) is 1.22. The molecule has 1 unspecified atom stereocenters. The number of carbonyl (C=O) groups excluding carboxylic acids is 1. The number of carboxylic acid groups (broad SMARTS) is 1. The first-order chi connectivity index (χ1) is 13.0. The molecule has 144 valence electrons. The van der Waals surface area contributed by atoms with Crippen molar-refractivity contribution in [2.45, 2.75) is 24.8 Å². The number of methoxy groups -OCH3 is 1. The van der Waals surface area contributed by atoms with Crippen LogP contribution in [0.5, 0.6) is 0 Å². The van der Waals surface area contributed by atoms with E-state index in [1.54, 1.807) is 24.3 Å². The van der Waals surface area contributed by atoms with Crippen molar-refractivity contribution in [3.8, 4) is 0 Å². The third kappa shape index (κ3) is 6.62. The first kappa shape index (κ1) is 20.8. The van der Waals surface area contributed by atoms with E-state index in [4.69, 9.17) is 4.74 Å². The SMILES string of the molecule is COC(=O)[C@H](CC[S+]([O-])Cc1ccccc1)N(Cc1ccccc1)C(=O)O. The van der Waals surface area contributed by atoms with E-state index in [1.165, 1.54) is 7.11 Å². The van der Waals surface area contributed by atoms with Crippen LogP contribution in [0.2, 0.25) is 0 Å². The minimum atomic E-state index is -1.22. The Labute approximate surface area is 161 Å². The number of esters is 1. The van der Waals surface area contributed by atoms with Gasteiger partial charge in [0.25, 0.3) is 0 Å². The molecule has 2 aromatic rings. The number of rotatable bonds is 9. The minimum absolute atomic E-state index is 0.0568. The fourth-order valence-corrected chi connectivity index (χ4v) is 3.90. The predicted octanol–water partition coefficient (Wildman–Crippen LogP) is 3.05. The van der Waals surface area contributed by atoms with E-state index in [9.17, 15) is 19.2 Å². The van der Waals surface area contributed by atoms with Crippen molar-refractivity contribution < 1.29 is 24.0 Å². The van der Waals surface area contributed by atoms with Gasteiger partial charge in [-0.2, -0.15) is 0 Å². The molecule has 2 rings (SSSR count). The third-order valence-corrected chi connectivity index (χ3v) is 5.43.